The van der Waals surface area contributed by atoms with Crippen molar-refractivity contribution in [1.82, 2.24) is 9.78 Å². The third kappa shape index (κ3) is 5.35. The lowest BCUT2D eigenvalue weighted by atomic mass is 10.1. The fourth-order valence-electron chi connectivity index (χ4n) is 3.89. The fraction of sp³-hybridized carbons (Fsp3) is 0.185. The summed E-state index contributed by atoms with van der Waals surface area (Å²) in [7, 11) is 0. The van der Waals surface area contributed by atoms with Gasteiger partial charge in [-0.2, -0.15) is 5.10 Å². The van der Waals surface area contributed by atoms with Gasteiger partial charge in [0.25, 0.3) is 5.91 Å². The Bertz CT molecular complexity index is 1530. The van der Waals surface area contributed by atoms with Gasteiger partial charge in [0, 0.05) is 10.6 Å². The summed E-state index contributed by atoms with van der Waals surface area (Å²) in [6.07, 6.45) is 0. The molecule has 1 amide bonds. The van der Waals surface area contributed by atoms with E-state index in [4.69, 9.17) is 16.3 Å². The van der Waals surface area contributed by atoms with Crippen LogP contribution in [0.1, 0.15) is 38.4 Å². The Balaban J connectivity index is 1.52. The Hall–Kier alpha value is -3.92. The quantitative estimate of drug-likeness (QED) is 0.153. The first kappa shape index (κ1) is 27.1. The number of halogens is 6. The zero-order chi connectivity index (χ0) is 27.7. The molecular weight excluding hydrogens is 529 g/mol. The fourth-order valence-corrected chi connectivity index (χ4v) is 4.12. The molecule has 3 aromatic carbocycles. The largest absolute Gasteiger partial charge is 0.489 e. The number of aryl methyl sites for hydroxylation is 2. The summed E-state index contributed by atoms with van der Waals surface area (Å²) in [5.74, 6) is -10.0. The van der Waals surface area contributed by atoms with Crippen LogP contribution in [0.5, 0.6) is 5.75 Å². The van der Waals surface area contributed by atoms with E-state index in [1.807, 2.05) is 6.92 Å². The molecule has 0 aliphatic carbocycles. The van der Waals surface area contributed by atoms with Crippen LogP contribution in [-0.4, -0.2) is 15.7 Å². The lowest BCUT2D eigenvalue weighted by molar-refractivity contribution is 0.102. The molecule has 0 bridgehead atoms. The number of benzene rings is 3. The second-order valence-electron chi connectivity index (χ2n) is 8.60. The van der Waals surface area contributed by atoms with Crippen molar-refractivity contribution < 1.29 is 31.5 Å². The van der Waals surface area contributed by atoms with E-state index in [9.17, 15) is 26.7 Å². The van der Waals surface area contributed by atoms with Gasteiger partial charge in [0.15, 0.2) is 23.3 Å². The summed E-state index contributed by atoms with van der Waals surface area (Å²) in [5.41, 5.74) is 1.66. The number of hydrogen-bond donors (Lipinski definition) is 1. The van der Waals surface area contributed by atoms with Crippen LogP contribution in [0.4, 0.5) is 27.6 Å². The summed E-state index contributed by atoms with van der Waals surface area (Å²) in [4.78, 5) is 13.0. The maximum atomic E-state index is 14.2. The summed E-state index contributed by atoms with van der Waals surface area (Å²) in [6, 6.07) is 12.0. The number of rotatable bonds is 7. The number of anilines is 1. The van der Waals surface area contributed by atoms with Crippen molar-refractivity contribution in [3.05, 3.63) is 110 Å². The minimum absolute atomic E-state index is 0.196. The number of carbonyl (C=O) groups is 1. The van der Waals surface area contributed by atoms with Gasteiger partial charge < -0.3 is 10.1 Å². The minimum atomic E-state index is -2.24. The second kappa shape index (κ2) is 10.8. The number of amides is 1. The highest BCUT2D eigenvalue weighted by atomic mass is 35.5. The lowest BCUT2D eigenvalue weighted by Crippen LogP contribution is -2.15. The van der Waals surface area contributed by atoms with Gasteiger partial charge in [-0.3, -0.25) is 9.48 Å². The van der Waals surface area contributed by atoms with Crippen molar-refractivity contribution in [2.45, 2.75) is 33.9 Å². The molecule has 198 valence electrons. The highest BCUT2D eigenvalue weighted by Gasteiger charge is 2.27. The Kier molecular flexibility index (Phi) is 7.73. The van der Waals surface area contributed by atoms with Crippen molar-refractivity contribution in [3.8, 4) is 5.75 Å². The normalized spacial score (nSPS) is 11.1. The van der Waals surface area contributed by atoms with Gasteiger partial charge in [-0.15, -0.1) is 0 Å². The summed E-state index contributed by atoms with van der Waals surface area (Å²) >= 11 is 5.97. The van der Waals surface area contributed by atoms with Crippen molar-refractivity contribution in [3.63, 3.8) is 0 Å². The molecule has 0 saturated carbocycles. The monoisotopic (exact) mass is 549 g/mol. The molecule has 5 nitrogen and oxygen atoms in total. The first-order valence-electron chi connectivity index (χ1n) is 11.3. The zero-order valence-electron chi connectivity index (χ0n) is 20.4. The van der Waals surface area contributed by atoms with Gasteiger partial charge in [0.2, 0.25) is 5.82 Å². The van der Waals surface area contributed by atoms with Gasteiger partial charge in [-0.05, 0) is 62.2 Å². The molecule has 0 atom stereocenters. The van der Waals surface area contributed by atoms with E-state index in [1.54, 1.807) is 42.5 Å². The van der Waals surface area contributed by atoms with Gasteiger partial charge >= 0.3 is 0 Å². The molecule has 0 radical (unpaired) electrons. The van der Waals surface area contributed by atoms with E-state index < -0.39 is 47.1 Å². The predicted octanol–water partition coefficient (Wildman–Crippen LogP) is 7.04. The molecule has 4 aromatic rings. The molecule has 0 aliphatic heterocycles. The molecule has 0 spiro atoms. The number of nitrogens with zero attached hydrogens (tertiary/aromatic N) is 2. The molecule has 4 rings (SSSR count). The van der Waals surface area contributed by atoms with Gasteiger partial charge in [0.1, 0.15) is 12.4 Å². The Morgan fingerprint density at radius 1 is 0.947 bits per heavy atom. The van der Waals surface area contributed by atoms with Crippen LogP contribution in [0.3, 0.4) is 0 Å². The summed E-state index contributed by atoms with van der Waals surface area (Å²) in [5, 5.41) is 7.41. The summed E-state index contributed by atoms with van der Waals surface area (Å²) in [6.45, 7) is 4.37. The van der Waals surface area contributed by atoms with Crippen LogP contribution in [0.2, 0.25) is 5.02 Å². The molecule has 1 heterocycles. The molecule has 38 heavy (non-hydrogen) atoms. The minimum Gasteiger partial charge on any atom is -0.489 e. The van der Waals surface area contributed by atoms with E-state index >= 15 is 0 Å². The Labute approximate surface area is 219 Å². The number of ether oxygens (including phenoxy) is 1. The van der Waals surface area contributed by atoms with Crippen LogP contribution < -0.4 is 10.1 Å². The van der Waals surface area contributed by atoms with Crippen molar-refractivity contribution in [2.24, 2.45) is 0 Å². The first-order chi connectivity index (χ1) is 18.0. The zero-order valence-corrected chi connectivity index (χ0v) is 21.2. The molecule has 0 fully saturated rings. The summed E-state index contributed by atoms with van der Waals surface area (Å²) < 4.78 is 75.8. The number of carbonyl (C=O) groups excluding carboxylic acids is 1. The molecule has 0 saturated heterocycles. The van der Waals surface area contributed by atoms with Gasteiger partial charge in [0.05, 0.1) is 29.2 Å². The van der Waals surface area contributed by atoms with Gasteiger partial charge in [-0.1, -0.05) is 23.7 Å². The second-order valence-corrected chi connectivity index (χ2v) is 9.04. The average Bonchev–Trinajstić information content (AvgIpc) is 3.15. The first-order valence-corrected chi connectivity index (χ1v) is 11.7. The van der Waals surface area contributed by atoms with E-state index in [-0.39, 0.29) is 23.7 Å². The molecule has 11 heteroatoms. The molecule has 0 aliphatic rings. The average molecular weight is 550 g/mol. The van der Waals surface area contributed by atoms with Crippen molar-refractivity contribution in [1.29, 1.82) is 0 Å². The van der Waals surface area contributed by atoms with Crippen molar-refractivity contribution in [2.75, 3.05) is 5.32 Å². The third-order valence-electron chi connectivity index (χ3n) is 5.95. The van der Waals surface area contributed by atoms with E-state index in [1.165, 1.54) is 13.8 Å². The predicted molar refractivity (Wildman–Crippen MR) is 132 cm³/mol. The maximum Gasteiger partial charge on any atom is 0.255 e. The Morgan fingerprint density at radius 2 is 1.61 bits per heavy atom. The highest BCUT2D eigenvalue weighted by Crippen LogP contribution is 2.27. The smallest absolute Gasteiger partial charge is 0.255 e. The number of hydrogen-bond acceptors (Lipinski definition) is 3. The third-order valence-corrected chi connectivity index (χ3v) is 6.18. The lowest BCUT2D eigenvalue weighted by Gasteiger charge is -2.11. The topological polar surface area (TPSA) is 56.1 Å². The Morgan fingerprint density at radius 3 is 2.26 bits per heavy atom. The van der Waals surface area contributed by atoms with Crippen LogP contribution in [-0.2, 0) is 13.2 Å². The number of aromatic nitrogens is 2. The SMILES string of the molecule is Cc1cc(Cl)ccc1OCc1cccc(C(=O)Nc2c(C)nn(Cc3c(F)c(F)c(F)c(F)c3F)c2C)c1. The highest BCUT2D eigenvalue weighted by molar-refractivity contribution is 6.30. The van der Waals surface area contributed by atoms with E-state index in [2.05, 4.69) is 10.4 Å². The van der Waals surface area contributed by atoms with Crippen LogP contribution in [0.15, 0.2) is 42.5 Å². The standard InChI is InChI=1S/C27H21ClF5N3O2/c1-13-9-18(28)7-8-20(13)38-12-16-5-4-6-17(10-16)27(37)34-26-14(2)35-36(15(26)3)11-19-21(29)23(31)25(33)24(32)22(19)30/h4-10H,11-12H2,1-3H3,(H,34,37). The number of nitrogens with one attached hydrogen (secondary N) is 1. The molecule has 1 aromatic heterocycles. The maximum absolute atomic E-state index is 14.2. The van der Waals surface area contributed by atoms with E-state index in [0.29, 0.717) is 16.3 Å². The van der Waals surface area contributed by atoms with Crippen LogP contribution in [0, 0.1) is 49.9 Å². The molecule has 1 N–H and O–H groups in total. The molecule has 0 unspecified atom stereocenters. The van der Waals surface area contributed by atoms with Gasteiger partial charge in [-0.25, -0.2) is 22.0 Å². The van der Waals surface area contributed by atoms with Crippen molar-refractivity contribution >= 4 is 23.2 Å². The van der Waals surface area contributed by atoms with Crippen LogP contribution >= 0.6 is 11.6 Å². The van der Waals surface area contributed by atoms with E-state index in [0.717, 1.165) is 15.8 Å². The van der Waals surface area contributed by atoms with Crippen LogP contribution in [0.25, 0.3) is 0 Å². The molecular formula is C27H21ClF5N3O2.